The van der Waals surface area contributed by atoms with Crippen LogP contribution in [0.25, 0.3) is 0 Å². The van der Waals surface area contributed by atoms with Crippen LogP contribution in [0.4, 0.5) is 0 Å². The van der Waals surface area contributed by atoms with Gasteiger partial charge >= 0.3 is 17.9 Å². The number of thioether (sulfide) groups is 1. The first-order chi connectivity index (χ1) is 17.0. The standard InChI is InChI=1S/C26H37NO8S/c1-8-33-23(29)20(24(30)34-9-2)15-22(28)27(16-18-11-13-19(32-7)14-12-18)21(25(31)35-10-3)17-36-26(4,5)6/h11-15,21H,8-10,16-17H2,1-7H3/t21-/m0/s1. The van der Waals surface area contributed by atoms with Crippen molar-refractivity contribution in [2.45, 2.75) is 58.9 Å². The fourth-order valence-corrected chi connectivity index (χ4v) is 3.92. The van der Waals surface area contributed by atoms with Gasteiger partial charge in [0.15, 0.2) is 0 Å². The van der Waals surface area contributed by atoms with Crippen molar-refractivity contribution in [1.29, 1.82) is 0 Å². The van der Waals surface area contributed by atoms with Gasteiger partial charge in [0, 0.05) is 23.1 Å². The predicted octanol–water partition coefficient (Wildman–Crippen LogP) is 3.54. The van der Waals surface area contributed by atoms with E-state index in [1.54, 1.807) is 52.1 Å². The Morgan fingerprint density at radius 3 is 1.89 bits per heavy atom. The van der Waals surface area contributed by atoms with Crippen molar-refractivity contribution in [3.63, 3.8) is 0 Å². The zero-order valence-electron chi connectivity index (χ0n) is 22.1. The van der Waals surface area contributed by atoms with E-state index in [0.717, 1.165) is 6.08 Å². The molecular weight excluding hydrogens is 486 g/mol. The summed E-state index contributed by atoms with van der Waals surface area (Å²) in [5.41, 5.74) is 0.163. The molecule has 0 saturated carbocycles. The number of amides is 1. The number of nitrogens with zero attached hydrogens (tertiary/aromatic N) is 1. The van der Waals surface area contributed by atoms with Crippen LogP contribution in [0.3, 0.4) is 0 Å². The molecule has 0 aliphatic rings. The Labute approximate surface area is 217 Å². The molecule has 0 unspecified atom stereocenters. The van der Waals surface area contributed by atoms with Crippen LogP contribution in [-0.4, -0.2) is 72.2 Å². The van der Waals surface area contributed by atoms with Crippen LogP contribution in [0.1, 0.15) is 47.1 Å². The first-order valence-corrected chi connectivity index (χ1v) is 12.8. The minimum Gasteiger partial charge on any atom is -0.497 e. The van der Waals surface area contributed by atoms with Crippen molar-refractivity contribution in [3.8, 4) is 5.75 Å². The van der Waals surface area contributed by atoms with Crippen LogP contribution >= 0.6 is 11.8 Å². The maximum absolute atomic E-state index is 13.6. The highest BCUT2D eigenvalue weighted by Gasteiger charge is 2.33. The van der Waals surface area contributed by atoms with Crippen molar-refractivity contribution in [1.82, 2.24) is 4.90 Å². The highest BCUT2D eigenvalue weighted by molar-refractivity contribution is 8.00. The molecule has 0 aliphatic heterocycles. The molecule has 0 aliphatic carbocycles. The van der Waals surface area contributed by atoms with Crippen LogP contribution in [-0.2, 0) is 39.9 Å². The fourth-order valence-electron chi connectivity index (χ4n) is 2.95. The summed E-state index contributed by atoms with van der Waals surface area (Å²) in [6.07, 6.45) is 0.869. The first-order valence-electron chi connectivity index (χ1n) is 11.8. The molecular formula is C26H37NO8S. The lowest BCUT2D eigenvalue weighted by atomic mass is 10.1. The summed E-state index contributed by atoms with van der Waals surface area (Å²) in [5.74, 6) is -2.40. The van der Waals surface area contributed by atoms with Gasteiger partial charge in [0.1, 0.15) is 17.4 Å². The number of carbonyl (C=O) groups excluding carboxylic acids is 4. The maximum atomic E-state index is 13.6. The number of benzene rings is 1. The monoisotopic (exact) mass is 523 g/mol. The molecule has 1 aromatic carbocycles. The van der Waals surface area contributed by atoms with E-state index in [4.69, 9.17) is 18.9 Å². The van der Waals surface area contributed by atoms with Crippen molar-refractivity contribution in [2.75, 3.05) is 32.7 Å². The van der Waals surface area contributed by atoms with E-state index < -0.39 is 35.4 Å². The minimum atomic E-state index is -0.981. The summed E-state index contributed by atoms with van der Waals surface area (Å²) in [6.45, 7) is 11.0. The van der Waals surface area contributed by atoms with E-state index in [-0.39, 0.29) is 36.9 Å². The van der Waals surface area contributed by atoms with Crippen LogP contribution < -0.4 is 4.74 Å². The van der Waals surface area contributed by atoms with Gasteiger partial charge in [-0.2, -0.15) is 11.8 Å². The van der Waals surface area contributed by atoms with E-state index in [2.05, 4.69) is 0 Å². The van der Waals surface area contributed by atoms with Gasteiger partial charge in [-0.15, -0.1) is 0 Å². The number of hydrogen-bond acceptors (Lipinski definition) is 9. The molecule has 10 heteroatoms. The molecule has 200 valence electrons. The average Bonchev–Trinajstić information content (AvgIpc) is 2.81. The number of carbonyl (C=O) groups is 4. The Morgan fingerprint density at radius 2 is 1.44 bits per heavy atom. The second-order valence-corrected chi connectivity index (χ2v) is 10.4. The van der Waals surface area contributed by atoms with Gasteiger partial charge in [-0.25, -0.2) is 14.4 Å². The number of ether oxygens (including phenoxy) is 4. The highest BCUT2D eigenvalue weighted by Crippen LogP contribution is 2.27. The fraction of sp³-hybridized carbons (Fsp3) is 0.538. The third kappa shape index (κ3) is 10.3. The Kier molecular flexibility index (Phi) is 13.1. The minimum absolute atomic E-state index is 0.00695. The zero-order valence-corrected chi connectivity index (χ0v) is 22.9. The summed E-state index contributed by atoms with van der Waals surface area (Å²) >= 11 is 1.49. The van der Waals surface area contributed by atoms with Gasteiger partial charge in [-0.3, -0.25) is 4.79 Å². The quantitative estimate of drug-likeness (QED) is 0.126. The Morgan fingerprint density at radius 1 is 0.917 bits per heavy atom. The van der Waals surface area contributed by atoms with Gasteiger partial charge in [-0.05, 0) is 38.5 Å². The van der Waals surface area contributed by atoms with Gasteiger partial charge in [0.25, 0.3) is 0 Å². The summed E-state index contributed by atoms with van der Waals surface area (Å²) in [5, 5.41) is 0. The van der Waals surface area contributed by atoms with Gasteiger partial charge < -0.3 is 23.8 Å². The Hall–Kier alpha value is -3.01. The summed E-state index contributed by atoms with van der Waals surface area (Å²) in [7, 11) is 1.54. The van der Waals surface area contributed by atoms with Crippen molar-refractivity contribution in [3.05, 3.63) is 41.5 Å². The van der Waals surface area contributed by atoms with Gasteiger partial charge in [-0.1, -0.05) is 32.9 Å². The van der Waals surface area contributed by atoms with E-state index >= 15 is 0 Å². The average molecular weight is 524 g/mol. The lowest BCUT2D eigenvalue weighted by Crippen LogP contribution is -2.47. The highest BCUT2D eigenvalue weighted by atomic mass is 32.2. The van der Waals surface area contributed by atoms with E-state index in [1.165, 1.54) is 16.7 Å². The molecule has 0 saturated heterocycles. The molecule has 0 spiro atoms. The lowest BCUT2D eigenvalue weighted by molar-refractivity contribution is -0.153. The second kappa shape index (κ2) is 15.2. The SMILES string of the molecule is CCOC(=O)C(=CC(=O)N(Cc1ccc(OC)cc1)[C@@H](CSC(C)(C)C)C(=O)OCC)C(=O)OCC. The van der Waals surface area contributed by atoms with E-state index in [9.17, 15) is 19.2 Å². The summed E-state index contributed by atoms with van der Waals surface area (Å²) in [6, 6.07) is 6.02. The predicted molar refractivity (Wildman–Crippen MR) is 138 cm³/mol. The number of esters is 3. The summed E-state index contributed by atoms with van der Waals surface area (Å²) < 4.78 is 20.2. The van der Waals surface area contributed by atoms with Gasteiger partial charge in [0.05, 0.1) is 26.9 Å². The topological polar surface area (TPSA) is 108 Å². The molecule has 1 rings (SSSR count). The molecule has 0 bridgehead atoms. The molecule has 36 heavy (non-hydrogen) atoms. The van der Waals surface area contributed by atoms with Crippen LogP contribution in [0.2, 0.25) is 0 Å². The molecule has 0 fully saturated rings. The lowest BCUT2D eigenvalue weighted by Gasteiger charge is -2.31. The van der Waals surface area contributed by atoms with Gasteiger partial charge in [0.2, 0.25) is 5.91 Å². The Bertz CT molecular complexity index is 901. The zero-order chi connectivity index (χ0) is 27.3. The Balaban J connectivity index is 3.54. The van der Waals surface area contributed by atoms with Crippen LogP contribution in [0.15, 0.2) is 35.9 Å². The largest absolute Gasteiger partial charge is 0.497 e. The summed E-state index contributed by atoms with van der Waals surface area (Å²) in [4.78, 5) is 52.7. The molecule has 0 heterocycles. The molecule has 1 aromatic rings. The first kappa shape index (κ1) is 31.0. The molecule has 0 aromatic heterocycles. The molecule has 1 atom stereocenters. The van der Waals surface area contributed by atoms with Crippen molar-refractivity contribution in [2.24, 2.45) is 0 Å². The van der Waals surface area contributed by atoms with Crippen molar-refractivity contribution >= 4 is 35.6 Å². The maximum Gasteiger partial charge on any atom is 0.345 e. The number of hydrogen-bond donors (Lipinski definition) is 0. The normalized spacial score (nSPS) is 11.6. The molecule has 0 radical (unpaired) electrons. The molecule has 1 amide bonds. The third-order valence-electron chi connectivity index (χ3n) is 4.66. The van der Waals surface area contributed by atoms with Crippen molar-refractivity contribution < 1.29 is 38.1 Å². The van der Waals surface area contributed by atoms with E-state index in [1.807, 2.05) is 20.8 Å². The van der Waals surface area contributed by atoms with Crippen LogP contribution in [0, 0.1) is 0 Å². The molecule has 9 nitrogen and oxygen atoms in total. The number of methoxy groups -OCH3 is 1. The molecule has 0 N–H and O–H groups in total. The number of rotatable bonds is 13. The van der Waals surface area contributed by atoms with Crippen LogP contribution in [0.5, 0.6) is 5.75 Å². The van der Waals surface area contributed by atoms with E-state index in [0.29, 0.717) is 11.3 Å². The smallest absolute Gasteiger partial charge is 0.345 e. The third-order valence-corrected chi connectivity index (χ3v) is 6.01. The second-order valence-electron chi connectivity index (χ2n) is 8.50.